The van der Waals surface area contributed by atoms with E-state index in [1.807, 2.05) is 25.6 Å². The predicted octanol–water partition coefficient (Wildman–Crippen LogP) is 2.86. The Bertz CT molecular complexity index is 251. The SMILES string of the molecule is CCCNC(C)(CCCCSCCOC)C(=O)OCC. The third-order valence-corrected chi connectivity index (χ3v) is 4.17. The first kappa shape index (κ1) is 19.7. The van der Waals surface area contributed by atoms with Gasteiger partial charge in [-0.15, -0.1) is 0 Å². The average Bonchev–Trinajstić information content (AvgIpc) is 2.44. The monoisotopic (exact) mass is 305 g/mol. The van der Waals surface area contributed by atoms with Gasteiger partial charge in [-0.25, -0.2) is 0 Å². The summed E-state index contributed by atoms with van der Waals surface area (Å²) in [4.78, 5) is 12.1. The van der Waals surface area contributed by atoms with Crippen molar-refractivity contribution in [3.63, 3.8) is 0 Å². The molecule has 0 heterocycles. The summed E-state index contributed by atoms with van der Waals surface area (Å²) in [7, 11) is 1.73. The smallest absolute Gasteiger partial charge is 0.326 e. The first-order valence-electron chi connectivity index (χ1n) is 7.59. The molecule has 0 aromatic carbocycles. The normalized spacial score (nSPS) is 14.0. The Morgan fingerprint density at radius 3 is 2.60 bits per heavy atom. The van der Waals surface area contributed by atoms with Crippen LogP contribution in [0.3, 0.4) is 0 Å². The van der Waals surface area contributed by atoms with Crippen molar-refractivity contribution >= 4 is 17.7 Å². The molecular weight excluding hydrogens is 274 g/mol. The first-order valence-corrected chi connectivity index (χ1v) is 8.75. The summed E-state index contributed by atoms with van der Waals surface area (Å²) in [6, 6.07) is 0. The Balaban J connectivity index is 4.00. The van der Waals surface area contributed by atoms with Gasteiger partial charge in [0.25, 0.3) is 0 Å². The maximum absolute atomic E-state index is 12.1. The third kappa shape index (κ3) is 8.82. The summed E-state index contributed by atoms with van der Waals surface area (Å²) < 4.78 is 10.2. The molecule has 20 heavy (non-hydrogen) atoms. The molecule has 0 aliphatic heterocycles. The maximum atomic E-state index is 12.1. The second-order valence-corrected chi connectivity index (χ2v) is 6.27. The van der Waals surface area contributed by atoms with Crippen LogP contribution in [0.25, 0.3) is 0 Å². The van der Waals surface area contributed by atoms with Crippen LogP contribution < -0.4 is 5.32 Å². The van der Waals surface area contributed by atoms with E-state index in [9.17, 15) is 4.79 Å². The van der Waals surface area contributed by atoms with E-state index in [-0.39, 0.29) is 5.97 Å². The van der Waals surface area contributed by atoms with Crippen LogP contribution in [0, 0.1) is 0 Å². The second kappa shape index (κ2) is 12.5. The highest BCUT2D eigenvalue weighted by atomic mass is 32.2. The molecule has 5 heteroatoms. The lowest BCUT2D eigenvalue weighted by Gasteiger charge is -2.28. The molecule has 0 aliphatic rings. The summed E-state index contributed by atoms with van der Waals surface area (Å²) in [5, 5.41) is 3.34. The van der Waals surface area contributed by atoms with Gasteiger partial charge in [-0.3, -0.25) is 4.79 Å². The number of nitrogens with one attached hydrogen (secondary N) is 1. The molecule has 0 saturated carbocycles. The van der Waals surface area contributed by atoms with E-state index in [0.29, 0.717) is 6.61 Å². The first-order chi connectivity index (χ1) is 9.60. The Morgan fingerprint density at radius 1 is 1.25 bits per heavy atom. The fourth-order valence-corrected chi connectivity index (χ4v) is 2.78. The molecule has 0 bridgehead atoms. The molecule has 0 aliphatic carbocycles. The minimum Gasteiger partial charge on any atom is -0.465 e. The average molecular weight is 305 g/mol. The maximum Gasteiger partial charge on any atom is 0.326 e. The number of esters is 1. The topological polar surface area (TPSA) is 47.6 Å². The van der Waals surface area contributed by atoms with E-state index in [1.54, 1.807) is 7.11 Å². The van der Waals surface area contributed by atoms with Crippen LogP contribution in [-0.4, -0.2) is 49.9 Å². The van der Waals surface area contributed by atoms with Crippen LogP contribution >= 0.6 is 11.8 Å². The molecule has 0 amide bonds. The molecule has 0 aromatic heterocycles. The highest BCUT2D eigenvalue weighted by molar-refractivity contribution is 7.99. The Morgan fingerprint density at radius 2 is 2.00 bits per heavy atom. The number of thioether (sulfide) groups is 1. The third-order valence-electron chi connectivity index (χ3n) is 3.14. The summed E-state index contributed by atoms with van der Waals surface area (Å²) in [5.74, 6) is 2.04. The lowest BCUT2D eigenvalue weighted by Crippen LogP contribution is -2.50. The summed E-state index contributed by atoms with van der Waals surface area (Å²) >= 11 is 1.90. The zero-order chi connectivity index (χ0) is 15.3. The number of methoxy groups -OCH3 is 1. The fraction of sp³-hybridized carbons (Fsp3) is 0.933. The lowest BCUT2D eigenvalue weighted by atomic mass is 9.95. The van der Waals surface area contributed by atoms with Gasteiger partial charge < -0.3 is 14.8 Å². The summed E-state index contributed by atoms with van der Waals surface area (Å²) in [6.45, 7) is 8.00. The van der Waals surface area contributed by atoms with Gasteiger partial charge in [-0.2, -0.15) is 11.8 Å². The van der Waals surface area contributed by atoms with Gasteiger partial charge in [0, 0.05) is 12.9 Å². The van der Waals surface area contributed by atoms with Crippen LogP contribution in [-0.2, 0) is 14.3 Å². The number of hydrogen-bond acceptors (Lipinski definition) is 5. The number of carbonyl (C=O) groups excluding carboxylic acids is 1. The van der Waals surface area contributed by atoms with Gasteiger partial charge in [0.1, 0.15) is 5.54 Å². The van der Waals surface area contributed by atoms with Gasteiger partial charge in [-0.1, -0.05) is 13.3 Å². The Kier molecular flexibility index (Phi) is 12.3. The van der Waals surface area contributed by atoms with Crippen molar-refractivity contribution in [2.45, 2.75) is 52.0 Å². The molecule has 0 rings (SSSR count). The number of unbranched alkanes of at least 4 members (excludes halogenated alkanes) is 1. The molecule has 0 aromatic rings. The van der Waals surface area contributed by atoms with Crippen molar-refractivity contribution in [1.82, 2.24) is 5.32 Å². The van der Waals surface area contributed by atoms with Crippen LogP contribution in [0.15, 0.2) is 0 Å². The standard InChI is InChI=1S/C15H31NO3S/c1-5-10-16-15(3,14(17)19-6-2)9-7-8-12-20-13-11-18-4/h16H,5-13H2,1-4H3. The number of ether oxygens (including phenoxy) is 2. The van der Waals surface area contributed by atoms with Crippen LogP contribution in [0.4, 0.5) is 0 Å². The van der Waals surface area contributed by atoms with Crippen molar-refractivity contribution < 1.29 is 14.3 Å². The van der Waals surface area contributed by atoms with E-state index in [0.717, 1.165) is 50.3 Å². The molecule has 0 radical (unpaired) electrons. The fourth-order valence-electron chi connectivity index (χ4n) is 1.88. The zero-order valence-corrected chi connectivity index (χ0v) is 14.3. The summed E-state index contributed by atoms with van der Waals surface area (Å²) in [6.07, 6.45) is 4.00. The van der Waals surface area contributed by atoms with Crippen molar-refractivity contribution in [2.24, 2.45) is 0 Å². The number of carbonyl (C=O) groups is 1. The van der Waals surface area contributed by atoms with Gasteiger partial charge in [0.2, 0.25) is 0 Å². The van der Waals surface area contributed by atoms with Crippen molar-refractivity contribution in [3.05, 3.63) is 0 Å². The van der Waals surface area contributed by atoms with Gasteiger partial charge in [-0.05, 0) is 45.4 Å². The minimum absolute atomic E-state index is 0.125. The number of rotatable bonds is 13. The molecule has 1 unspecified atom stereocenters. The molecular formula is C15H31NO3S. The van der Waals surface area contributed by atoms with E-state index in [2.05, 4.69) is 12.2 Å². The van der Waals surface area contributed by atoms with Crippen LogP contribution in [0.2, 0.25) is 0 Å². The zero-order valence-electron chi connectivity index (χ0n) is 13.5. The molecule has 0 saturated heterocycles. The van der Waals surface area contributed by atoms with E-state index in [1.165, 1.54) is 0 Å². The van der Waals surface area contributed by atoms with E-state index < -0.39 is 5.54 Å². The van der Waals surface area contributed by atoms with Crippen molar-refractivity contribution in [1.29, 1.82) is 0 Å². The molecule has 120 valence electrons. The Hall–Kier alpha value is -0.260. The lowest BCUT2D eigenvalue weighted by molar-refractivity contribution is -0.150. The summed E-state index contributed by atoms with van der Waals surface area (Å²) in [5.41, 5.74) is -0.538. The second-order valence-electron chi connectivity index (χ2n) is 5.04. The highest BCUT2D eigenvalue weighted by Crippen LogP contribution is 2.17. The van der Waals surface area contributed by atoms with Crippen LogP contribution in [0.5, 0.6) is 0 Å². The molecule has 0 spiro atoms. The molecule has 4 nitrogen and oxygen atoms in total. The predicted molar refractivity (Wildman–Crippen MR) is 86.4 cm³/mol. The van der Waals surface area contributed by atoms with E-state index >= 15 is 0 Å². The van der Waals surface area contributed by atoms with Gasteiger partial charge in [0.05, 0.1) is 13.2 Å². The Labute approximate surface area is 128 Å². The van der Waals surface area contributed by atoms with Crippen LogP contribution in [0.1, 0.15) is 46.5 Å². The number of hydrogen-bond donors (Lipinski definition) is 1. The quantitative estimate of drug-likeness (QED) is 0.419. The minimum atomic E-state index is -0.538. The molecule has 1 N–H and O–H groups in total. The molecule has 1 atom stereocenters. The van der Waals surface area contributed by atoms with Gasteiger partial charge in [0.15, 0.2) is 0 Å². The van der Waals surface area contributed by atoms with Crippen molar-refractivity contribution in [3.8, 4) is 0 Å². The molecule has 0 fully saturated rings. The largest absolute Gasteiger partial charge is 0.465 e. The van der Waals surface area contributed by atoms with Crippen molar-refractivity contribution in [2.75, 3.05) is 38.4 Å². The van der Waals surface area contributed by atoms with E-state index in [4.69, 9.17) is 9.47 Å². The highest BCUT2D eigenvalue weighted by Gasteiger charge is 2.33. The van der Waals surface area contributed by atoms with Gasteiger partial charge >= 0.3 is 5.97 Å².